The van der Waals surface area contributed by atoms with Crippen LogP contribution in [0.5, 0.6) is 0 Å². The highest BCUT2D eigenvalue weighted by Crippen LogP contribution is 2.26. The second-order valence-corrected chi connectivity index (χ2v) is 7.63. The minimum Gasteiger partial charge on any atom is -0.369 e. The number of aromatic amines is 1. The number of aromatic nitrogens is 2. The molecule has 0 radical (unpaired) electrons. The van der Waals surface area contributed by atoms with Gasteiger partial charge < -0.3 is 16.0 Å². The summed E-state index contributed by atoms with van der Waals surface area (Å²) in [6, 6.07) is 18.5. The molecule has 32 heavy (non-hydrogen) atoms. The Kier molecular flexibility index (Phi) is 8.30. The van der Waals surface area contributed by atoms with Crippen molar-refractivity contribution < 1.29 is 4.79 Å². The summed E-state index contributed by atoms with van der Waals surface area (Å²) in [6.45, 7) is 2.52. The number of anilines is 1. The number of amides is 1. The Labute approximate surface area is 194 Å². The maximum atomic E-state index is 12.6. The Balaban J connectivity index is 0.00000141. The Morgan fingerprint density at radius 1 is 1.06 bits per heavy atom. The first-order valence-corrected chi connectivity index (χ1v) is 11.0. The van der Waals surface area contributed by atoms with Crippen molar-refractivity contribution >= 4 is 30.2 Å². The second-order valence-electron chi connectivity index (χ2n) is 7.63. The lowest BCUT2D eigenvalue weighted by Crippen LogP contribution is -2.30. The van der Waals surface area contributed by atoms with Crippen LogP contribution in [0, 0.1) is 0 Å². The summed E-state index contributed by atoms with van der Waals surface area (Å²) in [6.07, 6.45) is 7.72. The number of nitrogens with two attached hydrogens (primary N) is 2. The number of H-pyrrole nitrogens is 1. The predicted octanol–water partition coefficient (Wildman–Crippen LogP) is 4.47. The number of nitrogens with zero attached hydrogens (tertiary/aromatic N) is 1. The van der Waals surface area contributed by atoms with Gasteiger partial charge in [-0.3, -0.25) is 9.93 Å². The number of nitrogen functional groups attached to an aromatic ring is 1. The summed E-state index contributed by atoms with van der Waals surface area (Å²) in [4.78, 5) is 19.8. The summed E-state index contributed by atoms with van der Waals surface area (Å²) in [5.74, 6) is 0.274. The number of allylic oxidation sites excluding steroid dienone is 3. The molecule has 1 aromatic heterocycles. The monoisotopic (exact) mass is 447 g/mol. The molecule has 6 N–H and O–H groups in total. The second kappa shape index (κ2) is 11.4. The van der Waals surface area contributed by atoms with E-state index in [9.17, 15) is 4.79 Å². The number of benzene rings is 2. The molecule has 0 fully saturated rings. The molecule has 0 saturated carbocycles. The average Bonchev–Trinajstić information content (AvgIpc) is 3.30. The summed E-state index contributed by atoms with van der Waals surface area (Å²) in [7, 11) is 0. The van der Waals surface area contributed by atoms with E-state index in [4.69, 9.17) is 5.73 Å². The van der Waals surface area contributed by atoms with Crippen LogP contribution in [0.2, 0.25) is 0 Å². The first kappa shape index (κ1) is 23.4. The number of carbonyl (C=O) groups is 1. The van der Waals surface area contributed by atoms with Gasteiger partial charge in [0, 0.05) is 6.54 Å². The van der Waals surface area contributed by atoms with Gasteiger partial charge in [-0.25, -0.2) is 4.98 Å². The van der Waals surface area contributed by atoms with Crippen LogP contribution >= 0.6 is 12.8 Å². The molecule has 7 heteroatoms. The zero-order chi connectivity index (χ0) is 22.9. The molecule has 0 bridgehead atoms. The number of carbonyl (C=O) groups excluding carboxylic acids is 1. The minimum absolute atomic E-state index is 0.0412. The molecule has 4 rings (SSSR count). The van der Waals surface area contributed by atoms with Crippen molar-refractivity contribution in [1.29, 1.82) is 0 Å². The maximum Gasteiger partial charge on any atom is 0.227 e. The predicted molar refractivity (Wildman–Crippen MR) is 135 cm³/mol. The van der Waals surface area contributed by atoms with Crippen LogP contribution in [-0.2, 0) is 4.79 Å². The van der Waals surface area contributed by atoms with Gasteiger partial charge in [0.15, 0.2) is 5.95 Å². The van der Waals surface area contributed by atoms with Crippen molar-refractivity contribution in [2.24, 2.45) is 5.14 Å². The van der Waals surface area contributed by atoms with Crippen LogP contribution < -0.4 is 16.2 Å². The van der Waals surface area contributed by atoms with E-state index in [-0.39, 0.29) is 11.8 Å². The molecular formula is C25H29N5OS. The highest BCUT2D eigenvalue weighted by atomic mass is 32.1. The summed E-state index contributed by atoms with van der Waals surface area (Å²) >= 11 is 3.03. The summed E-state index contributed by atoms with van der Waals surface area (Å²) in [5, 5.41) is 7.27. The lowest BCUT2D eigenvalue weighted by Gasteiger charge is -2.17. The van der Waals surface area contributed by atoms with E-state index in [0.29, 0.717) is 12.5 Å². The molecule has 1 heterocycles. The van der Waals surface area contributed by atoms with E-state index >= 15 is 0 Å². The zero-order valence-electron chi connectivity index (χ0n) is 18.1. The standard InChI is InChI=1S/C25H26N4O.H3NS/c1-17(19-11-13-21(14-12-19)20-5-3-2-4-6-20)24(30)27-15-18-7-9-22(10-8-18)23-16-28-25(26)29-23;1-2/h2-7,9,11-14,16-17H,8,10,15H2,1H3,(H,27,30)(H3,26,28,29);2H,1H2. The molecule has 0 aliphatic heterocycles. The molecule has 0 spiro atoms. The fraction of sp³-hybridized carbons (Fsp3) is 0.200. The van der Waals surface area contributed by atoms with Crippen LogP contribution in [-0.4, -0.2) is 22.4 Å². The zero-order valence-corrected chi connectivity index (χ0v) is 19.0. The third-order valence-electron chi connectivity index (χ3n) is 5.58. The number of thiol groups is 1. The van der Waals surface area contributed by atoms with Gasteiger partial charge in [0.1, 0.15) is 0 Å². The number of hydrogen-bond donors (Lipinski definition) is 5. The molecule has 1 aliphatic rings. The lowest BCUT2D eigenvalue weighted by molar-refractivity contribution is -0.122. The van der Waals surface area contributed by atoms with Gasteiger partial charge in [-0.05, 0) is 42.0 Å². The topological polar surface area (TPSA) is 110 Å². The summed E-state index contributed by atoms with van der Waals surface area (Å²) in [5.41, 5.74) is 12.4. The Morgan fingerprint density at radius 2 is 1.75 bits per heavy atom. The van der Waals surface area contributed by atoms with Crippen LogP contribution in [0.25, 0.3) is 16.7 Å². The van der Waals surface area contributed by atoms with E-state index < -0.39 is 0 Å². The molecular weight excluding hydrogens is 418 g/mol. The van der Waals surface area contributed by atoms with Crippen LogP contribution in [0.3, 0.4) is 0 Å². The highest BCUT2D eigenvalue weighted by Gasteiger charge is 2.16. The van der Waals surface area contributed by atoms with Crippen LogP contribution in [0.1, 0.15) is 36.9 Å². The number of imidazole rings is 1. The van der Waals surface area contributed by atoms with Gasteiger partial charge in [0.25, 0.3) is 0 Å². The molecule has 1 unspecified atom stereocenters. The van der Waals surface area contributed by atoms with E-state index in [2.05, 4.69) is 69.7 Å². The van der Waals surface area contributed by atoms with Crippen molar-refractivity contribution in [2.45, 2.75) is 25.7 Å². The smallest absolute Gasteiger partial charge is 0.227 e. The number of rotatable bonds is 6. The van der Waals surface area contributed by atoms with Crippen molar-refractivity contribution in [3.05, 3.63) is 89.8 Å². The third-order valence-corrected chi connectivity index (χ3v) is 5.58. The molecule has 0 saturated heterocycles. The molecule has 1 amide bonds. The van der Waals surface area contributed by atoms with Gasteiger partial charge in [-0.1, -0.05) is 72.3 Å². The first-order chi connectivity index (χ1) is 15.6. The normalized spacial score (nSPS) is 13.8. The highest BCUT2D eigenvalue weighted by molar-refractivity contribution is 7.77. The Bertz CT molecular complexity index is 1090. The lowest BCUT2D eigenvalue weighted by atomic mass is 9.95. The minimum atomic E-state index is -0.196. The van der Waals surface area contributed by atoms with E-state index in [1.807, 2.05) is 37.3 Å². The fourth-order valence-corrected chi connectivity index (χ4v) is 3.65. The van der Waals surface area contributed by atoms with Crippen molar-refractivity contribution in [2.75, 3.05) is 12.3 Å². The van der Waals surface area contributed by atoms with Gasteiger partial charge in [0.05, 0.1) is 17.8 Å². The average molecular weight is 448 g/mol. The van der Waals surface area contributed by atoms with Crippen LogP contribution in [0.4, 0.5) is 5.95 Å². The van der Waals surface area contributed by atoms with Gasteiger partial charge >= 0.3 is 0 Å². The van der Waals surface area contributed by atoms with Crippen molar-refractivity contribution in [3.8, 4) is 11.1 Å². The van der Waals surface area contributed by atoms with Crippen molar-refractivity contribution in [3.63, 3.8) is 0 Å². The van der Waals surface area contributed by atoms with E-state index in [1.54, 1.807) is 6.20 Å². The van der Waals surface area contributed by atoms with E-state index in [0.717, 1.165) is 29.7 Å². The third kappa shape index (κ3) is 5.90. The quantitative estimate of drug-likeness (QED) is 0.359. The van der Waals surface area contributed by atoms with Gasteiger partial charge in [0.2, 0.25) is 5.91 Å². The molecule has 6 nitrogen and oxygen atoms in total. The number of nitrogens with one attached hydrogen (secondary N) is 2. The van der Waals surface area contributed by atoms with E-state index in [1.165, 1.54) is 16.7 Å². The first-order valence-electron chi connectivity index (χ1n) is 10.5. The molecule has 2 aromatic carbocycles. The maximum absolute atomic E-state index is 12.6. The Morgan fingerprint density at radius 3 is 2.34 bits per heavy atom. The summed E-state index contributed by atoms with van der Waals surface area (Å²) < 4.78 is 0. The van der Waals surface area contributed by atoms with Gasteiger partial charge in [-0.2, -0.15) is 0 Å². The molecule has 1 atom stereocenters. The van der Waals surface area contributed by atoms with Crippen LogP contribution in [0.15, 0.2) is 78.5 Å². The Hall–Kier alpha value is -3.29. The number of hydrogen-bond acceptors (Lipinski definition) is 5. The SMILES string of the molecule is CC(C(=O)NCC1=CC=C(c2cnc(N)[nH]2)CC1)c1ccc(-c2ccccc2)cc1.NS. The molecule has 1 aliphatic carbocycles. The molecule has 3 aromatic rings. The fourth-order valence-electron chi connectivity index (χ4n) is 3.65. The van der Waals surface area contributed by atoms with Gasteiger partial charge in [-0.15, -0.1) is 12.8 Å². The largest absolute Gasteiger partial charge is 0.369 e. The molecule has 166 valence electrons. The van der Waals surface area contributed by atoms with Crippen molar-refractivity contribution in [1.82, 2.24) is 15.3 Å².